The van der Waals surface area contributed by atoms with E-state index < -0.39 is 0 Å². The first-order valence-electron chi connectivity index (χ1n) is 23.7. The molecule has 0 saturated carbocycles. The first-order valence-corrected chi connectivity index (χ1v) is 23.7. The summed E-state index contributed by atoms with van der Waals surface area (Å²) < 4.78 is 0. The fraction of sp³-hybridized carbons (Fsp3) is 0.0448. The third-order valence-corrected chi connectivity index (χ3v) is 14.6. The normalized spacial score (nSPS) is 12.7. The van der Waals surface area contributed by atoms with Crippen molar-refractivity contribution in [1.29, 1.82) is 0 Å². The quantitative estimate of drug-likeness (QED) is 0.144. The summed E-state index contributed by atoms with van der Waals surface area (Å²) in [6, 6.07) is 92.4. The van der Waals surface area contributed by atoms with E-state index in [1.165, 1.54) is 98.7 Å². The lowest BCUT2D eigenvalue weighted by Gasteiger charge is -2.31. The Morgan fingerprint density at radius 3 is 1.40 bits per heavy atom. The zero-order chi connectivity index (χ0) is 45.3. The highest BCUT2D eigenvalue weighted by atomic mass is 15.1. The lowest BCUT2D eigenvalue weighted by molar-refractivity contribution is 0.660. The molecule has 0 spiro atoms. The highest BCUT2D eigenvalue weighted by Gasteiger charge is 2.36. The zero-order valence-corrected chi connectivity index (χ0v) is 38.1. The van der Waals surface area contributed by atoms with Crippen LogP contribution in [0.5, 0.6) is 0 Å². The highest BCUT2D eigenvalue weighted by Crippen LogP contribution is 2.53. The smallest absolute Gasteiger partial charge is 0.0546 e. The molecule has 13 rings (SSSR count). The number of rotatable bonds is 7. The van der Waals surface area contributed by atoms with E-state index in [1.54, 1.807) is 0 Å². The Balaban J connectivity index is 1.13. The van der Waals surface area contributed by atoms with E-state index >= 15 is 0 Å². The number of nitrogens with zero attached hydrogens (tertiary/aromatic N) is 1. The van der Waals surface area contributed by atoms with Gasteiger partial charge in [-0.25, -0.2) is 0 Å². The molecule has 1 aliphatic rings. The summed E-state index contributed by atoms with van der Waals surface area (Å²) >= 11 is 0. The first-order chi connectivity index (χ1) is 33.5. The Morgan fingerprint density at radius 1 is 0.265 bits per heavy atom. The van der Waals surface area contributed by atoms with E-state index in [9.17, 15) is 0 Å². The van der Waals surface area contributed by atoms with Gasteiger partial charge in [-0.1, -0.05) is 220 Å². The molecule has 68 heavy (non-hydrogen) atoms. The maximum absolute atomic E-state index is 2.55. The third-order valence-electron chi connectivity index (χ3n) is 14.6. The molecule has 0 atom stereocenters. The Bertz CT molecular complexity index is 3860. The average molecular weight is 866 g/mol. The van der Waals surface area contributed by atoms with E-state index in [1.807, 2.05) is 0 Å². The molecule has 1 aliphatic carbocycles. The van der Waals surface area contributed by atoms with E-state index in [4.69, 9.17) is 0 Å². The highest BCUT2D eigenvalue weighted by molar-refractivity contribution is 6.27. The predicted octanol–water partition coefficient (Wildman–Crippen LogP) is 18.7. The number of hydrogen-bond acceptors (Lipinski definition) is 1. The van der Waals surface area contributed by atoms with Crippen LogP contribution in [0.15, 0.2) is 249 Å². The summed E-state index contributed by atoms with van der Waals surface area (Å²) in [6.07, 6.45) is 0. The molecule has 0 heterocycles. The van der Waals surface area contributed by atoms with Crippen LogP contribution in [0.3, 0.4) is 0 Å². The van der Waals surface area contributed by atoms with Gasteiger partial charge in [0.05, 0.1) is 5.69 Å². The van der Waals surface area contributed by atoms with Gasteiger partial charge in [-0.05, 0) is 147 Å². The summed E-state index contributed by atoms with van der Waals surface area (Å²) in [5.74, 6) is 0. The molecule has 0 aliphatic heterocycles. The van der Waals surface area contributed by atoms with Gasteiger partial charge in [-0.15, -0.1) is 0 Å². The molecule has 12 aromatic rings. The van der Waals surface area contributed by atoms with Gasteiger partial charge in [0.1, 0.15) is 0 Å². The van der Waals surface area contributed by atoms with Crippen molar-refractivity contribution in [3.05, 3.63) is 260 Å². The molecule has 0 amide bonds. The van der Waals surface area contributed by atoms with Crippen molar-refractivity contribution in [3.63, 3.8) is 0 Å². The molecule has 0 fully saturated rings. The van der Waals surface area contributed by atoms with Crippen molar-refractivity contribution < 1.29 is 0 Å². The Hall–Kier alpha value is -8.52. The summed E-state index contributed by atoms with van der Waals surface area (Å²) in [4.78, 5) is 2.55. The molecule has 0 aromatic heterocycles. The number of hydrogen-bond donors (Lipinski definition) is 0. The maximum Gasteiger partial charge on any atom is 0.0546 e. The molecular formula is C67H47N. The van der Waals surface area contributed by atoms with Gasteiger partial charge >= 0.3 is 0 Å². The minimum absolute atomic E-state index is 0.187. The SMILES string of the molecule is CC1(C)c2ccccc2-c2ccc(N(c3cc(-c4ccccc4)cc(-c4ccccc4)c3)c3cc4c5ccccc5c5ccccc5c4cc3-c3ccc(-c4cccc5ccccc45)cc3)cc21. The number of anilines is 3. The zero-order valence-electron chi connectivity index (χ0n) is 38.1. The first kappa shape index (κ1) is 39.8. The van der Waals surface area contributed by atoms with E-state index in [0.29, 0.717) is 0 Å². The van der Waals surface area contributed by atoms with Crippen LogP contribution in [0, 0.1) is 0 Å². The van der Waals surface area contributed by atoms with Crippen LogP contribution < -0.4 is 4.90 Å². The Labute approximate surface area is 397 Å². The summed E-state index contributed by atoms with van der Waals surface area (Å²) in [5.41, 5.74) is 17.9. The number of fused-ring (bicyclic) bond motifs is 10. The van der Waals surface area contributed by atoms with Crippen LogP contribution in [-0.2, 0) is 5.41 Å². The fourth-order valence-electron chi connectivity index (χ4n) is 11.3. The van der Waals surface area contributed by atoms with Gasteiger partial charge in [-0.2, -0.15) is 0 Å². The van der Waals surface area contributed by atoms with E-state index in [2.05, 4.69) is 267 Å². The summed E-state index contributed by atoms with van der Waals surface area (Å²) in [6.45, 7) is 4.76. The minimum atomic E-state index is -0.187. The van der Waals surface area contributed by atoms with E-state index in [-0.39, 0.29) is 5.41 Å². The van der Waals surface area contributed by atoms with Crippen molar-refractivity contribution >= 4 is 60.2 Å². The molecule has 320 valence electrons. The van der Waals surface area contributed by atoms with Crippen molar-refractivity contribution in [2.45, 2.75) is 19.3 Å². The van der Waals surface area contributed by atoms with Gasteiger partial charge in [-0.3, -0.25) is 0 Å². The Morgan fingerprint density at radius 2 is 0.750 bits per heavy atom. The van der Waals surface area contributed by atoms with Crippen molar-refractivity contribution in [2.24, 2.45) is 0 Å². The van der Waals surface area contributed by atoms with E-state index in [0.717, 1.165) is 28.2 Å². The van der Waals surface area contributed by atoms with Gasteiger partial charge in [0, 0.05) is 22.4 Å². The van der Waals surface area contributed by atoms with Gasteiger partial charge < -0.3 is 4.90 Å². The summed E-state index contributed by atoms with van der Waals surface area (Å²) in [5, 5.41) is 9.99. The molecule has 0 unspecified atom stereocenters. The monoisotopic (exact) mass is 865 g/mol. The van der Waals surface area contributed by atoms with Gasteiger partial charge in [0.2, 0.25) is 0 Å². The molecule has 0 N–H and O–H groups in total. The van der Waals surface area contributed by atoms with Crippen molar-refractivity contribution in [1.82, 2.24) is 0 Å². The Kier molecular flexibility index (Phi) is 9.27. The lowest BCUT2D eigenvalue weighted by atomic mass is 9.82. The maximum atomic E-state index is 2.55. The molecule has 0 saturated heterocycles. The topological polar surface area (TPSA) is 3.24 Å². The second-order valence-electron chi connectivity index (χ2n) is 18.8. The van der Waals surface area contributed by atoms with Gasteiger partial charge in [0.25, 0.3) is 0 Å². The second kappa shape index (κ2) is 15.8. The van der Waals surface area contributed by atoms with Crippen LogP contribution in [-0.4, -0.2) is 0 Å². The summed E-state index contributed by atoms with van der Waals surface area (Å²) in [7, 11) is 0. The molecule has 0 bridgehead atoms. The van der Waals surface area contributed by atoms with Gasteiger partial charge in [0.15, 0.2) is 0 Å². The molecule has 1 nitrogen and oxygen atoms in total. The second-order valence-corrected chi connectivity index (χ2v) is 18.8. The van der Waals surface area contributed by atoms with Crippen LogP contribution in [0.25, 0.3) is 98.7 Å². The molecule has 0 radical (unpaired) electrons. The largest absolute Gasteiger partial charge is 0.310 e. The van der Waals surface area contributed by atoms with Crippen LogP contribution in [0.1, 0.15) is 25.0 Å². The average Bonchev–Trinajstić information content (AvgIpc) is 3.64. The lowest BCUT2D eigenvalue weighted by Crippen LogP contribution is -2.17. The van der Waals surface area contributed by atoms with Crippen molar-refractivity contribution in [3.8, 4) is 55.6 Å². The predicted molar refractivity (Wildman–Crippen MR) is 290 cm³/mol. The standard InChI is InChI=1S/C67H47N/c1-67(2)64-31-16-15-29-59(64)60-37-36-51(41-65(60)67)68(52-39-49(44-18-5-3-6-19-44)38-50(40-52)45-20-7-4-8-21-45)66-43-63-58-28-14-12-26-56(58)55-25-11-13-27-57(55)62(63)42-61(66)48-34-32-47(33-35-48)54-30-17-23-46-22-9-10-24-53(46)54/h3-43H,1-2H3. The van der Waals surface area contributed by atoms with Crippen LogP contribution in [0.2, 0.25) is 0 Å². The minimum Gasteiger partial charge on any atom is -0.310 e. The molecule has 1 heteroatoms. The third kappa shape index (κ3) is 6.46. The molecule has 12 aromatic carbocycles. The van der Waals surface area contributed by atoms with Crippen LogP contribution in [0.4, 0.5) is 17.1 Å². The number of benzene rings is 12. The molecular weight excluding hydrogens is 819 g/mol. The fourth-order valence-corrected chi connectivity index (χ4v) is 11.3. The van der Waals surface area contributed by atoms with Crippen LogP contribution >= 0.6 is 0 Å². The van der Waals surface area contributed by atoms with Crippen molar-refractivity contribution in [2.75, 3.05) is 4.90 Å².